The molecule has 0 radical (unpaired) electrons. The van der Waals surface area contributed by atoms with Crippen molar-refractivity contribution in [3.63, 3.8) is 0 Å². The molecule has 1 heteroatoms. The van der Waals surface area contributed by atoms with E-state index in [9.17, 15) is 0 Å². The van der Waals surface area contributed by atoms with Crippen molar-refractivity contribution in [2.45, 2.75) is 66.2 Å². The molecule has 0 aliphatic heterocycles. The molecular formula is C42H48Zr. The average molecular weight is 644 g/mol. The quantitative estimate of drug-likeness (QED) is 0.165. The van der Waals surface area contributed by atoms with Gasteiger partial charge >= 0.3 is 26.2 Å². The number of hydrogen-bond acceptors (Lipinski definition) is 0. The van der Waals surface area contributed by atoms with E-state index < -0.39 is 0 Å². The van der Waals surface area contributed by atoms with Gasteiger partial charge in [0.05, 0.1) is 0 Å². The Labute approximate surface area is 281 Å². The Hall–Kier alpha value is -3.02. The van der Waals surface area contributed by atoms with Crippen molar-refractivity contribution in [3.8, 4) is 22.3 Å². The third kappa shape index (κ3) is 8.13. The van der Waals surface area contributed by atoms with Crippen LogP contribution in [0.1, 0.15) is 63.8 Å². The van der Waals surface area contributed by atoms with Gasteiger partial charge in [-0.15, -0.1) is 69.1 Å². The summed E-state index contributed by atoms with van der Waals surface area (Å²) in [6, 6.07) is 40.2. The fraction of sp³-hybridized carbons (Fsp3) is 0.238. The molecule has 6 aromatic carbocycles. The van der Waals surface area contributed by atoms with Gasteiger partial charge in [-0.1, -0.05) is 127 Å². The topological polar surface area (TPSA) is 0 Å². The number of hydrogen-bond donors (Lipinski definition) is 0. The summed E-state index contributed by atoms with van der Waals surface area (Å²) in [6.07, 6.45) is 0. The van der Waals surface area contributed by atoms with Gasteiger partial charge < -0.3 is 14.9 Å². The molecule has 0 N–H and O–H groups in total. The first-order valence-corrected chi connectivity index (χ1v) is 14.4. The van der Waals surface area contributed by atoms with Crippen molar-refractivity contribution >= 4 is 21.5 Å². The Morgan fingerprint density at radius 1 is 0.465 bits per heavy atom. The Kier molecular flexibility index (Phi) is 11.9. The van der Waals surface area contributed by atoms with Crippen molar-refractivity contribution < 1.29 is 26.2 Å². The second-order valence-electron chi connectivity index (χ2n) is 13.3. The van der Waals surface area contributed by atoms with E-state index in [1.165, 1.54) is 66.1 Å². The Bertz CT molecular complexity index is 1610. The molecule has 6 aromatic rings. The van der Waals surface area contributed by atoms with Gasteiger partial charge in [0, 0.05) is 0 Å². The SMILES string of the molecule is Cc1cc2c(-c3ccc(C(C)(C)C)cc3)cccc2[cH-]1.Cc1cc2c(-c3ccc(C(C)(C)C)cc3)cccc2[cH-]1.[CH3-].[CH3-].[Zr+4]. The summed E-state index contributed by atoms with van der Waals surface area (Å²) in [5, 5.41) is 5.38. The Balaban J connectivity index is 0.000000281. The molecule has 0 amide bonds. The van der Waals surface area contributed by atoms with Crippen LogP contribution in [-0.4, -0.2) is 0 Å². The van der Waals surface area contributed by atoms with Crippen LogP contribution in [-0.2, 0) is 37.0 Å². The largest absolute Gasteiger partial charge is 4.00 e. The van der Waals surface area contributed by atoms with E-state index in [0.717, 1.165) is 0 Å². The summed E-state index contributed by atoms with van der Waals surface area (Å²) in [5.41, 5.74) is 11.1. The molecule has 0 saturated carbocycles. The minimum absolute atomic E-state index is 0. The zero-order valence-electron chi connectivity index (χ0n) is 27.9. The van der Waals surface area contributed by atoms with Gasteiger partial charge in [-0.3, -0.25) is 0 Å². The first kappa shape index (κ1) is 36.2. The molecule has 6 rings (SSSR count). The van der Waals surface area contributed by atoms with Crippen LogP contribution in [0.15, 0.2) is 109 Å². The summed E-state index contributed by atoms with van der Waals surface area (Å²) < 4.78 is 0. The van der Waals surface area contributed by atoms with Gasteiger partial charge in [0.25, 0.3) is 0 Å². The summed E-state index contributed by atoms with van der Waals surface area (Å²) in [5.74, 6) is 0. The summed E-state index contributed by atoms with van der Waals surface area (Å²) >= 11 is 0. The molecule has 220 valence electrons. The van der Waals surface area contributed by atoms with E-state index in [1.807, 2.05) is 0 Å². The minimum Gasteiger partial charge on any atom is -0.358 e. The zero-order chi connectivity index (χ0) is 28.7. The van der Waals surface area contributed by atoms with Gasteiger partial charge in [-0.05, 0) is 33.1 Å². The molecule has 0 aromatic heterocycles. The summed E-state index contributed by atoms with van der Waals surface area (Å²) in [6.45, 7) is 17.8. The minimum atomic E-state index is 0. The van der Waals surface area contributed by atoms with E-state index in [1.54, 1.807) is 0 Å². The molecule has 0 bridgehead atoms. The second kappa shape index (κ2) is 14.2. The van der Waals surface area contributed by atoms with E-state index in [-0.39, 0.29) is 51.9 Å². The molecule has 0 nitrogen and oxygen atoms in total. The summed E-state index contributed by atoms with van der Waals surface area (Å²) in [7, 11) is 0. The van der Waals surface area contributed by atoms with Crippen molar-refractivity contribution in [2.75, 3.05) is 0 Å². The first-order chi connectivity index (χ1) is 18.9. The second-order valence-corrected chi connectivity index (χ2v) is 13.3. The van der Waals surface area contributed by atoms with Crippen LogP contribution in [0, 0.1) is 28.7 Å². The van der Waals surface area contributed by atoms with Crippen LogP contribution in [0.4, 0.5) is 0 Å². The van der Waals surface area contributed by atoms with Gasteiger partial charge in [-0.25, -0.2) is 0 Å². The Morgan fingerprint density at radius 2 is 0.791 bits per heavy atom. The maximum atomic E-state index is 2.28. The molecule has 43 heavy (non-hydrogen) atoms. The van der Waals surface area contributed by atoms with E-state index in [0.29, 0.717) is 0 Å². The third-order valence-corrected chi connectivity index (χ3v) is 7.91. The van der Waals surface area contributed by atoms with Crippen molar-refractivity contribution in [1.82, 2.24) is 0 Å². The molecule has 0 aliphatic carbocycles. The van der Waals surface area contributed by atoms with Gasteiger partial charge in [0.2, 0.25) is 0 Å². The number of benzene rings is 4. The molecule has 0 aliphatic rings. The molecule has 0 saturated heterocycles. The fourth-order valence-electron chi connectivity index (χ4n) is 5.57. The first-order valence-electron chi connectivity index (χ1n) is 14.4. The van der Waals surface area contributed by atoms with Crippen LogP contribution >= 0.6 is 0 Å². The predicted molar refractivity (Wildman–Crippen MR) is 190 cm³/mol. The molecule has 0 unspecified atom stereocenters. The zero-order valence-corrected chi connectivity index (χ0v) is 30.4. The summed E-state index contributed by atoms with van der Waals surface area (Å²) in [4.78, 5) is 0. The van der Waals surface area contributed by atoms with Crippen molar-refractivity contribution in [1.29, 1.82) is 0 Å². The normalized spacial score (nSPS) is 11.2. The van der Waals surface area contributed by atoms with E-state index >= 15 is 0 Å². The van der Waals surface area contributed by atoms with Crippen LogP contribution < -0.4 is 0 Å². The van der Waals surface area contributed by atoms with E-state index in [2.05, 4.69) is 165 Å². The maximum absolute atomic E-state index is 2.28. The molecule has 0 atom stereocenters. The molecule has 0 fully saturated rings. The van der Waals surface area contributed by atoms with Gasteiger partial charge in [0.1, 0.15) is 0 Å². The van der Waals surface area contributed by atoms with Crippen LogP contribution in [0.25, 0.3) is 43.8 Å². The third-order valence-electron chi connectivity index (χ3n) is 7.91. The molecule has 0 spiro atoms. The number of fused-ring (bicyclic) bond motifs is 2. The monoisotopic (exact) mass is 642 g/mol. The number of rotatable bonds is 2. The Morgan fingerprint density at radius 3 is 1.09 bits per heavy atom. The van der Waals surface area contributed by atoms with Crippen LogP contribution in [0.2, 0.25) is 0 Å². The fourth-order valence-corrected chi connectivity index (χ4v) is 5.57. The predicted octanol–water partition coefficient (Wildman–Crippen LogP) is 12.6. The average Bonchev–Trinajstić information content (AvgIpc) is 3.48. The van der Waals surface area contributed by atoms with Crippen molar-refractivity contribution in [3.05, 3.63) is 146 Å². The smallest absolute Gasteiger partial charge is 0.358 e. The van der Waals surface area contributed by atoms with Crippen LogP contribution in [0.5, 0.6) is 0 Å². The van der Waals surface area contributed by atoms with E-state index in [4.69, 9.17) is 0 Å². The number of aryl methyl sites for hydroxylation is 2. The maximum Gasteiger partial charge on any atom is 4.00 e. The van der Waals surface area contributed by atoms with Gasteiger partial charge in [0.15, 0.2) is 0 Å². The van der Waals surface area contributed by atoms with Crippen molar-refractivity contribution in [2.24, 2.45) is 0 Å². The standard InChI is InChI=1S/2C20H21.2CH3.Zr/c2*1-14-12-16-6-5-7-18(19(16)13-14)15-8-10-17(11-9-15)20(2,3)4;;;/h2*5-13H,1-4H3;2*1H3;/q4*-1;+4. The van der Waals surface area contributed by atoms with Crippen LogP contribution in [0.3, 0.4) is 0 Å². The van der Waals surface area contributed by atoms with Gasteiger partial charge in [-0.2, -0.15) is 12.1 Å². The molecule has 0 heterocycles. The molecular weight excluding hydrogens is 596 g/mol.